The van der Waals surface area contributed by atoms with E-state index in [-0.39, 0.29) is 5.91 Å². The second-order valence-corrected chi connectivity index (χ2v) is 4.07. The van der Waals surface area contributed by atoms with E-state index in [2.05, 4.69) is 36.5 Å². The molecule has 1 N–H and O–H groups in total. The first kappa shape index (κ1) is 11.8. The van der Waals surface area contributed by atoms with E-state index >= 15 is 0 Å². The lowest BCUT2D eigenvalue weighted by Gasteiger charge is -2.11. The van der Waals surface area contributed by atoms with Gasteiger partial charge in [0.1, 0.15) is 0 Å². The lowest BCUT2D eigenvalue weighted by atomic mass is 10.0. The molecule has 0 unspecified atom stereocenters. The Bertz CT molecular complexity index is 295. The molecular formula is C13H19NO. The highest BCUT2D eigenvalue weighted by Gasteiger charge is 2.03. The van der Waals surface area contributed by atoms with E-state index in [1.165, 1.54) is 5.56 Å². The number of carbonyl (C=O) groups is 1. The number of hydrogen-bond donors (Lipinski definition) is 1. The van der Waals surface area contributed by atoms with Crippen molar-refractivity contribution in [2.24, 2.45) is 5.92 Å². The number of nitrogens with one attached hydrogen (secondary N) is 1. The minimum absolute atomic E-state index is 0.0570. The van der Waals surface area contributed by atoms with Crippen LogP contribution in [0.1, 0.15) is 25.8 Å². The topological polar surface area (TPSA) is 29.1 Å². The Hall–Kier alpha value is -1.31. The molecule has 0 fully saturated rings. The van der Waals surface area contributed by atoms with Gasteiger partial charge < -0.3 is 5.32 Å². The molecule has 0 saturated carbocycles. The van der Waals surface area contributed by atoms with Gasteiger partial charge in [0.05, 0.1) is 0 Å². The van der Waals surface area contributed by atoms with E-state index < -0.39 is 0 Å². The highest BCUT2D eigenvalue weighted by Crippen LogP contribution is 2.08. The van der Waals surface area contributed by atoms with Crippen molar-refractivity contribution in [1.82, 2.24) is 5.32 Å². The van der Waals surface area contributed by atoms with Crippen LogP contribution in [0.4, 0.5) is 0 Å². The molecule has 2 heteroatoms. The molecule has 0 radical (unpaired) electrons. The molecular weight excluding hydrogens is 186 g/mol. The molecule has 82 valence electrons. The molecule has 1 atom stereocenters. The van der Waals surface area contributed by atoms with Crippen LogP contribution in [0, 0.1) is 5.92 Å². The zero-order chi connectivity index (χ0) is 11.1. The van der Waals surface area contributed by atoms with Crippen LogP contribution in [0.3, 0.4) is 0 Å². The summed E-state index contributed by atoms with van der Waals surface area (Å²) in [5.41, 5.74) is 1.37. The van der Waals surface area contributed by atoms with E-state index in [0.717, 1.165) is 19.4 Å². The van der Waals surface area contributed by atoms with E-state index in [1.54, 1.807) is 6.92 Å². The van der Waals surface area contributed by atoms with Crippen LogP contribution in [0.2, 0.25) is 0 Å². The molecule has 1 aromatic rings. The smallest absolute Gasteiger partial charge is 0.216 e. The van der Waals surface area contributed by atoms with Gasteiger partial charge >= 0.3 is 0 Å². The van der Waals surface area contributed by atoms with Crippen LogP contribution in [-0.2, 0) is 11.2 Å². The lowest BCUT2D eigenvalue weighted by Crippen LogP contribution is -2.25. The normalized spacial score (nSPS) is 12.1. The summed E-state index contributed by atoms with van der Waals surface area (Å²) in [7, 11) is 0. The quantitative estimate of drug-likeness (QED) is 0.785. The van der Waals surface area contributed by atoms with Crippen molar-refractivity contribution in [2.75, 3.05) is 6.54 Å². The van der Waals surface area contributed by atoms with Crippen LogP contribution in [-0.4, -0.2) is 12.5 Å². The minimum atomic E-state index is 0.0570. The van der Waals surface area contributed by atoms with Crippen LogP contribution >= 0.6 is 0 Å². The molecule has 15 heavy (non-hydrogen) atoms. The fourth-order valence-corrected chi connectivity index (χ4v) is 1.48. The molecule has 1 amide bonds. The molecule has 0 aliphatic heterocycles. The van der Waals surface area contributed by atoms with Gasteiger partial charge in [-0.1, -0.05) is 37.3 Å². The molecule has 2 nitrogen and oxygen atoms in total. The van der Waals surface area contributed by atoms with Gasteiger partial charge in [-0.2, -0.15) is 0 Å². The maximum absolute atomic E-state index is 10.7. The Balaban J connectivity index is 2.22. The van der Waals surface area contributed by atoms with Gasteiger partial charge in [-0.15, -0.1) is 0 Å². The highest BCUT2D eigenvalue weighted by molar-refractivity contribution is 5.72. The summed E-state index contributed by atoms with van der Waals surface area (Å²) in [6.45, 7) is 4.50. The van der Waals surface area contributed by atoms with Gasteiger partial charge in [-0.05, 0) is 24.3 Å². The van der Waals surface area contributed by atoms with Crippen molar-refractivity contribution in [2.45, 2.75) is 26.7 Å². The molecule has 1 aromatic carbocycles. The molecule has 0 aliphatic carbocycles. The van der Waals surface area contributed by atoms with Crippen molar-refractivity contribution in [3.63, 3.8) is 0 Å². The molecule has 0 saturated heterocycles. The second kappa shape index (κ2) is 6.23. The maximum atomic E-state index is 10.7. The number of aryl methyl sites for hydroxylation is 1. The first-order chi connectivity index (χ1) is 7.18. The van der Waals surface area contributed by atoms with Gasteiger partial charge in [-0.25, -0.2) is 0 Å². The first-order valence-corrected chi connectivity index (χ1v) is 5.47. The zero-order valence-corrected chi connectivity index (χ0v) is 9.49. The number of carbonyl (C=O) groups excluding carboxylic acids is 1. The predicted octanol–water partition coefficient (Wildman–Crippen LogP) is 2.39. The van der Waals surface area contributed by atoms with Crippen molar-refractivity contribution >= 4 is 5.91 Å². The Morgan fingerprint density at radius 2 is 2.00 bits per heavy atom. The Morgan fingerprint density at radius 3 is 2.60 bits per heavy atom. The van der Waals surface area contributed by atoms with Crippen LogP contribution in [0.25, 0.3) is 0 Å². The molecule has 1 rings (SSSR count). The Morgan fingerprint density at radius 1 is 1.33 bits per heavy atom. The summed E-state index contributed by atoms with van der Waals surface area (Å²) in [5, 5.41) is 2.84. The van der Waals surface area contributed by atoms with Gasteiger partial charge in [0.15, 0.2) is 0 Å². The summed E-state index contributed by atoms with van der Waals surface area (Å²) in [6.07, 6.45) is 2.20. The number of amides is 1. The average molecular weight is 205 g/mol. The zero-order valence-electron chi connectivity index (χ0n) is 9.49. The van der Waals surface area contributed by atoms with Crippen molar-refractivity contribution in [3.8, 4) is 0 Å². The third-order valence-corrected chi connectivity index (χ3v) is 2.47. The van der Waals surface area contributed by atoms with Gasteiger partial charge in [0.25, 0.3) is 0 Å². The molecule has 0 heterocycles. The van der Waals surface area contributed by atoms with E-state index in [1.807, 2.05) is 6.07 Å². The summed E-state index contributed by atoms with van der Waals surface area (Å²) in [5.74, 6) is 0.593. The minimum Gasteiger partial charge on any atom is -0.356 e. The maximum Gasteiger partial charge on any atom is 0.216 e. The Kier molecular flexibility index (Phi) is 4.88. The lowest BCUT2D eigenvalue weighted by molar-refractivity contribution is -0.119. The summed E-state index contributed by atoms with van der Waals surface area (Å²) in [4.78, 5) is 10.7. The third-order valence-electron chi connectivity index (χ3n) is 2.47. The number of benzene rings is 1. The molecule has 0 bridgehead atoms. The van der Waals surface area contributed by atoms with E-state index in [0.29, 0.717) is 5.92 Å². The third kappa shape index (κ3) is 5.21. The van der Waals surface area contributed by atoms with Crippen LogP contribution < -0.4 is 5.32 Å². The van der Waals surface area contributed by atoms with Crippen molar-refractivity contribution < 1.29 is 4.79 Å². The fraction of sp³-hybridized carbons (Fsp3) is 0.462. The Labute approximate surface area is 91.7 Å². The van der Waals surface area contributed by atoms with Gasteiger partial charge in [-0.3, -0.25) is 4.79 Å². The molecule has 0 aromatic heterocycles. The van der Waals surface area contributed by atoms with Crippen molar-refractivity contribution in [3.05, 3.63) is 35.9 Å². The largest absolute Gasteiger partial charge is 0.356 e. The molecule has 0 aliphatic rings. The average Bonchev–Trinajstić information content (AvgIpc) is 2.25. The number of hydrogen-bond acceptors (Lipinski definition) is 1. The predicted molar refractivity (Wildman–Crippen MR) is 62.6 cm³/mol. The number of rotatable bonds is 5. The van der Waals surface area contributed by atoms with E-state index in [4.69, 9.17) is 0 Å². The molecule has 0 spiro atoms. The van der Waals surface area contributed by atoms with E-state index in [9.17, 15) is 4.79 Å². The van der Waals surface area contributed by atoms with Gasteiger partial charge in [0.2, 0.25) is 5.91 Å². The summed E-state index contributed by atoms with van der Waals surface area (Å²) >= 11 is 0. The fourth-order valence-electron chi connectivity index (χ4n) is 1.48. The SMILES string of the molecule is CC(=O)NC[C@@H](C)CCc1ccccc1. The second-order valence-electron chi connectivity index (χ2n) is 4.07. The summed E-state index contributed by atoms with van der Waals surface area (Å²) < 4.78 is 0. The monoisotopic (exact) mass is 205 g/mol. The van der Waals surface area contributed by atoms with Crippen LogP contribution in [0.5, 0.6) is 0 Å². The highest BCUT2D eigenvalue weighted by atomic mass is 16.1. The van der Waals surface area contributed by atoms with Gasteiger partial charge in [0, 0.05) is 13.5 Å². The van der Waals surface area contributed by atoms with Crippen LogP contribution in [0.15, 0.2) is 30.3 Å². The summed E-state index contributed by atoms with van der Waals surface area (Å²) in [6, 6.07) is 10.4. The van der Waals surface area contributed by atoms with Crippen molar-refractivity contribution in [1.29, 1.82) is 0 Å². The first-order valence-electron chi connectivity index (χ1n) is 5.47. The standard InChI is InChI=1S/C13H19NO/c1-11(10-14-12(2)15)8-9-13-6-4-3-5-7-13/h3-7,11H,8-10H2,1-2H3,(H,14,15)/t11-/m0/s1.